The summed E-state index contributed by atoms with van der Waals surface area (Å²) in [6.45, 7) is 2.29. The van der Waals surface area contributed by atoms with Crippen molar-refractivity contribution in [2.45, 2.75) is 24.9 Å². The first-order valence-corrected chi connectivity index (χ1v) is 8.83. The molecule has 0 aliphatic heterocycles. The van der Waals surface area contributed by atoms with Gasteiger partial charge in [0.2, 0.25) is 10.0 Å². The molecular formula is C11H15N3O2S3. The van der Waals surface area contributed by atoms with E-state index in [2.05, 4.69) is 4.98 Å². The van der Waals surface area contributed by atoms with E-state index in [1.54, 1.807) is 19.5 Å². The number of hydrogen-bond acceptors (Lipinski definition) is 6. The Morgan fingerprint density at radius 3 is 2.74 bits per heavy atom. The van der Waals surface area contributed by atoms with Crippen LogP contribution >= 0.6 is 22.7 Å². The van der Waals surface area contributed by atoms with Gasteiger partial charge in [-0.2, -0.15) is 4.31 Å². The van der Waals surface area contributed by atoms with E-state index < -0.39 is 10.0 Å². The number of nitrogens with two attached hydrogens (primary N) is 1. The quantitative estimate of drug-likeness (QED) is 0.912. The molecule has 2 rings (SSSR count). The largest absolute Gasteiger partial charge is 0.326 e. The molecule has 0 saturated carbocycles. The topological polar surface area (TPSA) is 76.3 Å². The lowest BCUT2D eigenvalue weighted by molar-refractivity contribution is 0.462. The molecule has 0 unspecified atom stereocenters. The third kappa shape index (κ3) is 2.87. The van der Waals surface area contributed by atoms with Gasteiger partial charge >= 0.3 is 0 Å². The molecule has 0 fully saturated rings. The van der Waals surface area contributed by atoms with Crippen molar-refractivity contribution < 1.29 is 8.42 Å². The minimum absolute atomic E-state index is 0.234. The minimum atomic E-state index is -3.52. The zero-order valence-electron chi connectivity index (χ0n) is 10.7. The molecule has 0 saturated heterocycles. The van der Waals surface area contributed by atoms with Gasteiger partial charge in [0, 0.05) is 23.8 Å². The van der Waals surface area contributed by atoms with E-state index >= 15 is 0 Å². The van der Waals surface area contributed by atoms with Gasteiger partial charge in [0.05, 0.1) is 17.7 Å². The van der Waals surface area contributed by atoms with Gasteiger partial charge < -0.3 is 5.73 Å². The molecule has 0 amide bonds. The second-order valence-corrected chi connectivity index (χ2v) is 7.78. The number of sulfonamides is 1. The van der Waals surface area contributed by atoms with Crippen molar-refractivity contribution in [3.8, 4) is 0 Å². The Morgan fingerprint density at radius 2 is 2.16 bits per heavy atom. The van der Waals surface area contributed by atoms with E-state index in [4.69, 9.17) is 5.73 Å². The maximum Gasteiger partial charge on any atom is 0.244 e. The monoisotopic (exact) mass is 317 g/mol. The highest BCUT2D eigenvalue weighted by molar-refractivity contribution is 7.89. The van der Waals surface area contributed by atoms with Crippen molar-refractivity contribution in [1.29, 1.82) is 0 Å². The zero-order chi connectivity index (χ0) is 14.0. The van der Waals surface area contributed by atoms with Crippen molar-refractivity contribution in [2.24, 2.45) is 5.73 Å². The molecule has 0 spiro atoms. The fraction of sp³-hybridized carbons (Fsp3) is 0.364. The normalized spacial score (nSPS) is 12.2. The predicted molar refractivity (Wildman–Crippen MR) is 77.7 cm³/mol. The van der Waals surface area contributed by atoms with Gasteiger partial charge in [-0.3, -0.25) is 0 Å². The average molecular weight is 317 g/mol. The maximum absolute atomic E-state index is 12.6. The van der Waals surface area contributed by atoms with Gasteiger partial charge in [-0.05, 0) is 17.9 Å². The summed E-state index contributed by atoms with van der Waals surface area (Å²) in [6.07, 6.45) is 0. The minimum Gasteiger partial charge on any atom is -0.326 e. The highest BCUT2D eigenvalue weighted by Crippen LogP contribution is 2.29. The molecule has 0 bridgehead atoms. The first kappa shape index (κ1) is 14.6. The van der Waals surface area contributed by atoms with Crippen molar-refractivity contribution in [2.75, 3.05) is 7.05 Å². The van der Waals surface area contributed by atoms with Crippen LogP contribution in [0.25, 0.3) is 0 Å². The third-order valence-electron chi connectivity index (χ3n) is 2.71. The van der Waals surface area contributed by atoms with Gasteiger partial charge in [0.25, 0.3) is 0 Å². The highest BCUT2D eigenvalue weighted by atomic mass is 32.2. The van der Waals surface area contributed by atoms with E-state index in [1.807, 2.05) is 10.8 Å². The molecule has 104 valence electrons. The SMILES string of the molecule is Cc1csc(CN)c1S(=O)(=O)N(C)Cc1cscn1. The van der Waals surface area contributed by atoms with E-state index in [-0.39, 0.29) is 13.1 Å². The van der Waals surface area contributed by atoms with Crippen LogP contribution in [0, 0.1) is 6.92 Å². The molecule has 19 heavy (non-hydrogen) atoms. The van der Waals surface area contributed by atoms with Gasteiger partial charge in [0.15, 0.2) is 0 Å². The molecule has 0 radical (unpaired) electrons. The molecule has 2 N–H and O–H groups in total. The Kier molecular flexibility index (Phi) is 4.36. The lowest BCUT2D eigenvalue weighted by Gasteiger charge is -2.17. The molecule has 5 nitrogen and oxygen atoms in total. The van der Waals surface area contributed by atoms with Crippen LogP contribution in [-0.2, 0) is 23.1 Å². The molecular weight excluding hydrogens is 302 g/mol. The van der Waals surface area contributed by atoms with Crippen LogP contribution in [0.5, 0.6) is 0 Å². The summed E-state index contributed by atoms with van der Waals surface area (Å²) in [7, 11) is -1.96. The van der Waals surface area contributed by atoms with Crippen LogP contribution in [0.1, 0.15) is 16.1 Å². The Balaban J connectivity index is 2.33. The van der Waals surface area contributed by atoms with Gasteiger partial charge in [-0.25, -0.2) is 13.4 Å². The third-order valence-corrected chi connectivity index (χ3v) is 6.64. The second-order valence-electron chi connectivity index (χ2n) is 4.12. The van der Waals surface area contributed by atoms with Crippen molar-refractivity contribution in [1.82, 2.24) is 9.29 Å². The smallest absolute Gasteiger partial charge is 0.244 e. The lowest BCUT2D eigenvalue weighted by Crippen LogP contribution is -2.27. The Hall–Kier alpha value is -0.800. The molecule has 0 aromatic carbocycles. The van der Waals surface area contributed by atoms with E-state index in [0.29, 0.717) is 9.77 Å². The number of thiazole rings is 1. The zero-order valence-corrected chi connectivity index (χ0v) is 13.1. The molecule has 0 aliphatic carbocycles. The van der Waals surface area contributed by atoms with E-state index in [1.165, 1.54) is 27.0 Å². The van der Waals surface area contributed by atoms with Crippen LogP contribution in [-0.4, -0.2) is 24.8 Å². The van der Waals surface area contributed by atoms with Crippen molar-refractivity contribution >= 4 is 32.7 Å². The van der Waals surface area contributed by atoms with Crippen LogP contribution < -0.4 is 5.73 Å². The van der Waals surface area contributed by atoms with Gasteiger partial charge in [-0.1, -0.05) is 0 Å². The summed E-state index contributed by atoms with van der Waals surface area (Å²) < 4.78 is 26.5. The fourth-order valence-corrected chi connectivity index (χ4v) is 5.10. The highest BCUT2D eigenvalue weighted by Gasteiger charge is 2.27. The van der Waals surface area contributed by atoms with Crippen LogP contribution in [0.4, 0.5) is 0 Å². The molecule has 0 aliphatic rings. The second kappa shape index (κ2) is 5.68. The van der Waals surface area contributed by atoms with Crippen LogP contribution in [0.3, 0.4) is 0 Å². The first-order valence-electron chi connectivity index (χ1n) is 5.57. The van der Waals surface area contributed by atoms with Crippen LogP contribution in [0.2, 0.25) is 0 Å². The predicted octanol–water partition coefficient (Wildman–Crippen LogP) is 1.79. The summed E-state index contributed by atoms with van der Waals surface area (Å²) >= 11 is 2.83. The molecule has 2 aromatic rings. The van der Waals surface area contributed by atoms with Crippen molar-refractivity contribution in [3.63, 3.8) is 0 Å². The number of thiophene rings is 1. The average Bonchev–Trinajstić information content (AvgIpc) is 2.98. The lowest BCUT2D eigenvalue weighted by atomic mass is 10.3. The number of aromatic nitrogens is 1. The molecule has 8 heteroatoms. The van der Waals surface area contributed by atoms with Gasteiger partial charge in [0.1, 0.15) is 4.90 Å². The summed E-state index contributed by atoms with van der Waals surface area (Å²) in [5.41, 5.74) is 8.80. The Morgan fingerprint density at radius 1 is 1.42 bits per heavy atom. The standard InChI is InChI=1S/C11H15N3O2S3/c1-8-5-18-10(3-12)11(8)19(15,16)14(2)4-9-6-17-7-13-9/h5-7H,3-4,12H2,1-2H3. The summed E-state index contributed by atoms with van der Waals surface area (Å²) in [6, 6.07) is 0. The molecule has 2 heterocycles. The number of aryl methyl sites for hydroxylation is 1. The fourth-order valence-electron chi connectivity index (χ4n) is 1.76. The summed E-state index contributed by atoms with van der Waals surface area (Å²) in [4.78, 5) is 5.15. The number of rotatable bonds is 5. The first-order chi connectivity index (χ1) is 8.96. The van der Waals surface area contributed by atoms with Crippen molar-refractivity contribution in [3.05, 3.63) is 32.4 Å². The van der Waals surface area contributed by atoms with E-state index in [9.17, 15) is 8.42 Å². The van der Waals surface area contributed by atoms with Crippen LogP contribution in [0.15, 0.2) is 21.2 Å². The summed E-state index contributed by atoms with van der Waals surface area (Å²) in [5.74, 6) is 0. The Bertz CT molecular complexity index is 647. The Labute approximate surface area is 120 Å². The van der Waals surface area contributed by atoms with E-state index in [0.717, 1.165) is 11.3 Å². The van der Waals surface area contributed by atoms with Gasteiger partial charge in [-0.15, -0.1) is 22.7 Å². The maximum atomic E-state index is 12.6. The molecule has 2 aromatic heterocycles. The summed E-state index contributed by atoms with van der Waals surface area (Å²) in [5, 5.41) is 3.67. The number of hydrogen-bond donors (Lipinski definition) is 1. The number of nitrogens with zero attached hydrogens (tertiary/aromatic N) is 2. The molecule has 0 atom stereocenters.